The van der Waals surface area contributed by atoms with Gasteiger partial charge >= 0.3 is 0 Å². The number of benzene rings is 2. The van der Waals surface area contributed by atoms with Crippen LogP contribution in [0.25, 0.3) is 0 Å². The second-order valence-electron chi connectivity index (χ2n) is 6.16. The summed E-state index contributed by atoms with van der Waals surface area (Å²) >= 11 is 3.33. The Bertz CT molecular complexity index is 811. The summed E-state index contributed by atoms with van der Waals surface area (Å²) in [6, 6.07) is 11.9. The van der Waals surface area contributed by atoms with Gasteiger partial charge in [0.15, 0.2) is 0 Å². The first kappa shape index (κ1) is 21.8. The van der Waals surface area contributed by atoms with Gasteiger partial charge in [-0.25, -0.2) is 0 Å². The highest BCUT2D eigenvalue weighted by atomic mass is 79.9. The van der Waals surface area contributed by atoms with E-state index in [1.54, 1.807) is 43.5 Å². The van der Waals surface area contributed by atoms with Crippen LogP contribution in [-0.4, -0.2) is 25.5 Å². The van der Waals surface area contributed by atoms with Crippen molar-refractivity contribution in [2.24, 2.45) is 0 Å². The molecule has 0 aliphatic carbocycles. The molecule has 2 N–H and O–H groups in total. The molecule has 0 aliphatic heterocycles. The van der Waals surface area contributed by atoms with Crippen LogP contribution in [0, 0.1) is 0 Å². The van der Waals surface area contributed by atoms with Crippen molar-refractivity contribution >= 4 is 27.7 Å². The molecule has 0 saturated heterocycles. The van der Waals surface area contributed by atoms with Crippen LogP contribution in [0.15, 0.2) is 46.9 Å². The third kappa shape index (κ3) is 6.27. The lowest BCUT2D eigenvalue weighted by Gasteiger charge is -2.12. The van der Waals surface area contributed by atoms with Crippen molar-refractivity contribution in [3.05, 3.63) is 58.1 Å². The smallest absolute Gasteiger partial charge is 0.273 e. The fourth-order valence-corrected chi connectivity index (χ4v) is 3.09. The number of ether oxygens (including phenoxy) is 2. The topological polar surface area (TPSA) is 76.7 Å². The molecular weight excluding hydrogens is 424 g/mol. The lowest BCUT2D eigenvalue weighted by Crippen LogP contribution is -2.41. The van der Waals surface area contributed by atoms with E-state index in [1.807, 2.05) is 6.07 Å². The molecule has 0 saturated carbocycles. The van der Waals surface area contributed by atoms with Gasteiger partial charge in [0.2, 0.25) is 0 Å². The second-order valence-corrected chi connectivity index (χ2v) is 7.02. The van der Waals surface area contributed by atoms with Gasteiger partial charge in [-0.2, -0.15) is 0 Å². The van der Waals surface area contributed by atoms with Gasteiger partial charge in [-0.15, -0.1) is 0 Å². The molecule has 6 nitrogen and oxygen atoms in total. The third-order valence-electron chi connectivity index (χ3n) is 4.09. The molecule has 0 spiro atoms. The molecule has 0 bridgehead atoms. The molecule has 0 unspecified atom stereocenters. The molecule has 0 fully saturated rings. The number of hydrazine groups is 1. The molecule has 2 rings (SSSR count). The van der Waals surface area contributed by atoms with Crippen molar-refractivity contribution in [3.8, 4) is 11.5 Å². The highest BCUT2D eigenvalue weighted by Gasteiger charge is 2.14. The van der Waals surface area contributed by atoms with Crippen LogP contribution in [0.4, 0.5) is 0 Å². The van der Waals surface area contributed by atoms with Gasteiger partial charge in [0.05, 0.1) is 23.8 Å². The van der Waals surface area contributed by atoms with Crippen molar-refractivity contribution in [3.63, 3.8) is 0 Å². The molecule has 0 radical (unpaired) electrons. The van der Waals surface area contributed by atoms with E-state index < -0.39 is 11.8 Å². The number of hydrogen-bond acceptors (Lipinski definition) is 4. The number of unbranched alkanes of at least 4 members (excludes halogenated alkanes) is 3. The minimum Gasteiger partial charge on any atom is -0.496 e. The van der Waals surface area contributed by atoms with E-state index in [-0.39, 0.29) is 0 Å². The Balaban J connectivity index is 1.93. The molecule has 7 heteroatoms. The Morgan fingerprint density at radius 1 is 0.964 bits per heavy atom. The number of amides is 2. The summed E-state index contributed by atoms with van der Waals surface area (Å²) in [4.78, 5) is 24.7. The van der Waals surface area contributed by atoms with Crippen LogP contribution < -0.4 is 20.3 Å². The minimum absolute atomic E-state index is 0.370. The largest absolute Gasteiger partial charge is 0.496 e. The number of methoxy groups -OCH3 is 1. The molecule has 0 heterocycles. The summed E-state index contributed by atoms with van der Waals surface area (Å²) in [5.41, 5.74) is 5.60. The molecule has 2 aromatic rings. The molecule has 0 atom stereocenters. The highest BCUT2D eigenvalue weighted by molar-refractivity contribution is 9.10. The van der Waals surface area contributed by atoms with Crippen LogP contribution >= 0.6 is 15.9 Å². The van der Waals surface area contributed by atoms with Crippen LogP contribution in [-0.2, 0) is 0 Å². The maximum absolute atomic E-state index is 12.5. The Morgan fingerprint density at radius 3 is 2.43 bits per heavy atom. The van der Waals surface area contributed by atoms with Gasteiger partial charge in [-0.3, -0.25) is 20.4 Å². The summed E-state index contributed by atoms with van der Waals surface area (Å²) in [5, 5.41) is 0. The maximum Gasteiger partial charge on any atom is 0.273 e. The molecule has 2 amide bonds. The number of para-hydroxylation sites is 1. The van der Waals surface area contributed by atoms with Crippen LogP contribution in [0.2, 0.25) is 0 Å². The van der Waals surface area contributed by atoms with E-state index >= 15 is 0 Å². The van der Waals surface area contributed by atoms with Gasteiger partial charge in [0.1, 0.15) is 11.5 Å². The van der Waals surface area contributed by atoms with Gasteiger partial charge in [0.25, 0.3) is 11.8 Å². The number of carbonyl (C=O) groups is 2. The van der Waals surface area contributed by atoms with E-state index in [2.05, 4.69) is 33.7 Å². The van der Waals surface area contributed by atoms with E-state index in [9.17, 15) is 9.59 Å². The van der Waals surface area contributed by atoms with Crippen molar-refractivity contribution in [1.29, 1.82) is 0 Å². The van der Waals surface area contributed by atoms with Crippen molar-refractivity contribution < 1.29 is 19.1 Å². The van der Waals surface area contributed by atoms with Crippen LogP contribution in [0.1, 0.15) is 53.3 Å². The SMILES string of the molecule is CCCCCCOc1ccccc1C(=O)NNC(=O)c1ccc(OC)c(Br)c1. The lowest BCUT2D eigenvalue weighted by molar-refractivity contribution is 0.0844. The van der Waals surface area contributed by atoms with Crippen molar-refractivity contribution in [2.45, 2.75) is 32.6 Å². The summed E-state index contributed by atoms with van der Waals surface area (Å²) in [5.74, 6) is 0.239. The Morgan fingerprint density at radius 2 is 1.71 bits per heavy atom. The van der Waals surface area contributed by atoms with E-state index in [0.29, 0.717) is 33.7 Å². The fourth-order valence-electron chi connectivity index (χ4n) is 2.55. The van der Waals surface area contributed by atoms with E-state index in [1.165, 1.54) is 6.42 Å². The molecule has 28 heavy (non-hydrogen) atoms. The summed E-state index contributed by atoms with van der Waals surface area (Å²) < 4.78 is 11.5. The second kappa shape index (κ2) is 11.3. The Labute approximate surface area is 173 Å². The molecule has 0 aliphatic rings. The quantitative estimate of drug-likeness (QED) is 0.437. The highest BCUT2D eigenvalue weighted by Crippen LogP contribution is 2.25. The zero-order chi connectivity index (χ0) is 20.4. The maximum atomic E-state index is 12.5. The van der Waals surface area contributed by atoms with Crippen molar-refractivity contribution in [2.75, 3.05) is 13.7 Å². The lowest BCUT2D eigenvalue weighted by atomic mass is 10.2. The molecule has 150 valence electrons. The van der Waals surface area contributed by atoms with E-state index in [4.69, 9.17) is 9.47 Å². The molecule has 2 aromatic carbocycles. The average molecular weight is 449 g/mol. The minimum atomic E-state index is -0.440. The summed E-state index contributed by atoms with van der Waals surface area (Å²) in [6.45, 7) is 2.70. The van der Waals surface area contributed by atoms with Crippen molar-refractivity contribution in [1.82, 2.24) is 10.9 Å². The Hall–Kier alpha value is -2.54. The first-order chi connectivity index (χ1) is 13.6. The van der Waals surface area contributed by atoms with E-state index in [0.717, 1.165) is 19.3 Å². The normalized spacial score (nSPS) is 10.2. The number of halogens is 1. The van der Waals surface area contributed by atoms with Gasteiger partial charge in [0, 0.05) is 5.56 Å². The van der Waals surface area contributed by atoms with Gasteiger partial charge < -0.3 is 9.47 Å². The number of carbonyl (C=O) groups excluding carboxylic acids is 2. The molecule has 0 aromatic heterocycles. The standard InChI is InChI=1S/C21H25BrN2O4/c1-3-4-5-8-13-28-18-10-7-6-9-16(18)21(26)24-23-20(25)15-11-12-19(27-2)17(22)14-15/h6-7,9-12,14H,3-5,8,13H2,1-2H3,(H,23,25)(H,24,26). The van der Waals surface area contributed by atoms with Gasteiger partial charge in [-0.1, -0.05) is 38.3 Å². The average Bonchev–Trinajstić information content (AvgIpc) is 2.71. The number of rotatable bonds is 9. The Kier molecular flexibility index (Phi) is 8.81. The first-order valence-corrected chi connectivity index (χ1v) is 10.0. The number of hydrogen-bond donors (Lipinski definition) is 2. The zero-order valence-corrected chi connectivity index (χ0v) is 17.7. The van der Waals surface area contributed by atoms with Crippen LogP contribution in [0.3, 0.4) is 0 Å². The number of nitrogens with one attached hydrogen (secondary N) is 2. The molecular formula is C21H25BrN2O4. The zero-order valence-electron chi connectivity index (χ0n) is 16.1. The fraction of sp³-hybridized carbons (Fsp3) is 0.333. The summed E-state index contributed by atoms with van der Waals surface area (Å²) in [7, 11) is 1.55. The predicted octanol–water partition coefficient (Wildman–Crippen LogP) is 4.49. The predicted molar refractivity (Wildman–Crippen MR) is 112 cm³/mol. The summed E-state index contributed by atoms with van der Waals surface area (Å²) in [6.07, 6.45) is 4.35. The van der Waals surface area contributed by atoms with Gasteiger partial charge in [-0.05, 0) is 52.7 Å². The first-order valence-electron chi connectivity index (χ1n) is 9.22. The van der Waals surface area contributed by atoms with Crippen LogP contribution in [0.5, 0.6) is 11.5 Å². The monoisotopic (exact) mass is 448 g/mol. The third-order valence-corrected chi connectivity index (χ3v) is 4.71.